The Labute approximate surface area is 104 Å². The van der Waals surface area contributed by atoms with Gasteiger partial charge in [-0.15, -0.1) is 0 Å². The molecule has 1 atom stereocenters. The Morgan fingerprint density at radius 3 is 3.11 bits per heavy atom. The number of benzene rings is 1. The summed E-state index contributed by atoms with van der Waals surface area (Å²) >= 11 is 0. The smallest absolute Gasteiger partial charge is 0.0926 e. The van der Waals surface area contributed by atoms with Gasteiger partial charge in [0.1, 0.15) is 0 Å². The number of imidazole rings is 1. The average Bonchev–Trinajstić information content (AvgIpc) is 3.05. The molecule has 1 aliphatic heterocycles. The van der Waals surface area contributed by atoms with Crippen molar-refractivity contribution in [2.45, 2.75) is 12.5 Å². The van der Waals surface area contributed by atoms with Crippen molar-refractivity contribution >= 4 is 10.9 Å². The molecule has 4 heteroatoms. The van der Waals surface area contributed by atoms with Gasteiger partial charge in [-0.25, -0.2) is 4.98 Å². The summed E-state index contributed by atoms with van der Waals surface area (Å²) < 4.78 is 0. The zero-order valence-electron chi connectivity index (χ0n) is 9.90. The van der Waals surface area contributed by atoms with Crippen molar-refractivity contribution in [3.8, 4) is 0 Å². The molecule has 0 amide bonds. The highest BCUT2D eigenvalue weighted by Crippen LogP contribution is 2.31. The maximum absolute atomic E-state index is 4.47. The van der Waals surface area contributed by atoms with Crippen LogP contribution in [0.2, 0.25) is 0 Å². The molecule has 2 aromatic heterocycles. The Morgan fingerprint density at radius 1 is 1.17 bits per heavy atom. The lowest BCUT2D eigenvalue weighted by atomic mass is 9.97. The number of fused-ring (bicyclic) bond motifs is 2. The van der Waals surface area contributed by atoms with Crippen molar-refractivity contribution in [2.75, 3.05) is 6.54 Å². The van der Waals surface area contributed by atoms with Gasteiger partial charge >= 0.3 is 0 Å². The Hall–Kier alpha value is -2.07. The molecule has 90 valence electrons. The van der Waals surface area contributed by atoms with Crippen LogP contribution in [-0.4, -0.2) is 21.5 Å². The topological polar surface area (TPSA) is 56.5 Å². The summed E-state index contributed by atoms with van der Waals surface area (Å²) in [4.78, 5) is 11.0. The van der Waals surface area contributed by atoms with Crippen molar-refractivity contribution < 1.29 is 0 Å². The molecule has 4 rings (SSSR count). The van der Waals surface area contributed by atoms with E-state index < -0.39 is 0 Å². The highest BCUT2D eigenvalue weighted by atomic mass is 15.0. The SMILES string of the molecule is c1ccc2c([C@H]3NCCc4[nH]cnc43)c[nH]c2c1. The van der Waals surface area contributed by atoms with Crippen LogP contribution in [0.15, 0.2) is 36.8 Å². The fraction of sp³-hybridized carbons (Fsp3) is 0.214. The second kappa shape index (κ2) is 3.71. The largest absolute Gasteiger partial charge is 0.361 e. The van der Waals surface area contributed by atoms with E-state index >= 15 is 0 Å². The molecule has 0 bridgehead atoms. The number of hydrogen-bond donors (Lipinski definition) is 3. The summed E-state index contributed by atoms with van der Waals surface area (Å²) in [6, 6.07) is 8.58. The fourth-order valence-electron chi connectivity index (χ4n) is 2.81. The summed E-state index contributed by atoms with van der Waals surface area (Å²) in [5.41, 5.74) is 4.84. The van der Waals surface area contributed by atoms with Crippen LogP contribution in [-0.2, 0) is 6.42 Å². The first kappa shape index (κ1) is 9.91. The van der Waals surface area contributed by atoms with Crippen LogP contribution in [0.1, 0.15) is 23.0 Å². The van der Waals surface area contributed by atoms with Crippen LogP contribution in [0.4, 0.5) is 0 Å². The second-order valence-electron chi connectivity index (χ2n) is 4.69. The van der Waals surface area contributed by atoms with Gasteiger partial charge in [-0.2, -0.15) is 0 Å². The monoisotopic (exact) mass is 238 g/mol. The first-order valence-electron chi connectivity index (χ1n) is 6.25. The Bertz CT molecular complexity index is 694. The Morgan fingerprint density at radius 2 is 2.11 bits per heavy atom. The number of nitrogens with one attached hydrogen (secondary N) is 3. The quantitative estimate of drug-likeness (QED) is 0.608. The van der Waals surface area contributed by atoms with Gasteiger partial charge in [0.15, 0.2) is 0 Å². The lowest BCUT2D eigenvalue weighted by Gasteiger charge is -2.22. The van der Waals surface area contributed by atoms with Crippen LogP contribution in [0.25, 0.3) is 10.9 Å². The first-order chi connectivity index (χ1) is 8.93. The van der Waals surface area contributed by atoms with E-state index in [9.17, 15) is 0 Å². The molecule has 3 heterocycles. The standard InChI is InChI=1S/C14H14N4/c1-2-4-11-9(3-1)10(7-16-11)13-14-12(5-6-15-13)17-8-18-14/h1-4,7-8,13,15-16H,5-6H2,(H,17,18)/t13-/m1/s1. The molecule has 0 unspecified atom stereocenters. The zero-order valence-corrected chi connectivity index (χ0v) is 9.90. The van der Waals surface area contributed by atoms with Gasteiger partial charge in [0.25, 0.3) is 0 Å². The van der Waals surface area contributed by atoms with E-state index in [0.717, 1.165) is 18.7 Å². The zero-order chi connectivity index (χ0) is 11.9. The van der Waals surface area contributed by atoms with E-state index in [2.05, 4.69) is 50.7 Å². The van der Waals surface area contributed by atoms with Gasteiger partial charge in [0.05, 0.1) is 18.1 Å². The molecule has 3 aromatic rings. The summed E-state index contributed by atoms with van der Waals surface area (Å²) in [6.45, 7) is 0.985. The van der Waals surface area contributed by atoms with Crippen LogP contribution < -0.4 is 5.32 Å². The van der Waals surface area contributed by atoms with Gasteiger partial charge in [-0.3, -0.25) is 0 Å². The molecular formula is C14H14N4. The number of nitrogens with zero attached hydrogens (tertiary/aromatic N) is 1. The highest BCUT2D eigenvalue weighted by Gasteiger charge is 2.25. The van der Waals surface area contributed by atoms with Gasteiger partial charge in [0.2, 0.25) is 0 Å². The van der Waals surface area contributed by atoms with Crippen molar-refractivity contribution in [3.05, 3.63) is 53.7 Å². The summed E-state index contributed by atoms with van der Waals surface area (Å²) in [5.74, 6) is 0. The molecular weight excluding hydrogens is 224 g/mol. The van der Waals surface area contributed by atoms with Crippen LogP contribution in [0.3, 0.4) is 0 Å². The second-order valence-corrected chi connectivity index (χ2v) is 4.69. The van der Waals surface area contributed by atoms with E-state index in [1.54, 1.807) is 6.33 Å². The third kappa shape index (κ3) is 1.32. The highest BCUT2D eigenvalue weighted by molar-refractivity contribution is 5.84. The maximum atomic E-state index is 4.47. The van der Waals surface area contributed by atoms with Crippen LogP contribution in [0, 0.1) is 0 Å². The van der Waals surface area contributed by atoms with Crippen molar-refractivity contribution in [3.63, 3.8) is 0 Å². The lowest BCUT2D eigenvalue weighted by molar-refractivity contribution is 0.556. The minimum absolute atomic E-state index is 0.191. The molecule has 1 aliphatic rings. The average molecular weight is 238 g/mol. The van der Waals surface area contributed by atoms with E-state index in [4.69, 9.17) is 0 Å². The number of aromatic nitrogens is 3. The van der Waals surface area contributed by atoms with Crippen LogP contribution >= 0.6 is 0 Å². The number of aromatic amines is 2. The van der Waals surface area contributed by atoms with Crippen molar-refractivity contribution in [1.82, 2.24) is 20.3 Å². The minimum Gasteiger partial charge on any atom is -0.361 e. The first-order valence-corrected chi connectivity index (χ1v) is 6.25. The number of hydrogen-bond acceptors (Lipinski definition) is 2. The van der Waals surface area contributed by atoms with E-state index in [1.165, 1.54) is 22.2 Å². The Balaban J connectivity index is 1.90. The van der Waals surface area contributed by atoms with E-state index in [-0.39, 0.29) is 6.04 Å². The van der Waals surface area contributed by atoms with Gasteiger partial charge in [0, 0.05) is 41.3 Å². The fourth-order valence-corrected chi connectivity index (χ4v) is 2.81. The number of H-pyrrole nitrogens is 2. The third-order valence-corrected chi connectivity index (χ3v) is 3.68. The molecule has 3 N–H and O–H groups in total. The van der Waals surface area contributed by atoms with Gasteiger partial charge in [-0.1, -0.05) is 18.2 Å². The minimum atomic E-state index is 0.191. The maximum Gasteiger partial charge on any atom is 0.0926 e. The molecule has 0 fully saturated rings. The van der Waals surface area contributed by atoms with E-state index in [0.29, 0.717) is 0 Å². The molecule has 18 heavy (non-hydrogen) atoms. The van der Waals surface area contributed by atoms with Gasteiger partial charge in [-0.05, 0) is 6.07 Å². The third-order valence-electron chi connectivity index (χ3n) is 3.68. The normalized spacial score (nSPS) is 19.0. The molecule has 0 spiro atoms. The lowest BCUT2D eigenvalue weighted by Crippen LogP contribution is -2.30. The predicted octanol–water partition coefficient (Wildman–Crippen LogP) is 2.13. The molecule has 1 aromatic carbocycles. The summed E-state index contributed by atoms with van der Waals surface area (Å²) in [6.07, 6.45) is 4.90. The molecule has 0 saturated heterocycles. The van der Waals surface area contributed by atoms with Crippen LogP contribution in [0.5, 0.6) is 0 Å². The molecule has 0 saturated carbocycles. The van der Waals surface area contributed by atoms with Crippen molar-refractivity contribution in [1.29, 1.82) is 0 Å². The molecule has 0 aliphatic carbocycles. The Kier molecular flexibility index (Phi) is 2.04. The molecule has 0 radical (unpaired) electrons. The van der Waals surface area contributed by atoms with Gasteiger partial charge < -0.3 is 15.3 Å². The van der Waals surface area contributed by atoms with E-state index in [1.807, 2.05) is 0 Å². The summed E-state index contributed by atoms with van der Waals surface area (Å²) in [5, 5.41) is 4.82. The van der Waals surface area contributed by atoms with Crippen molar-refractivity contribution in [2.24, 2.45) is 0 Å². The number of rotatable bonds is 1. The summed E-state index contributed by atoms with van der Waals surface area (Å²) in [7, 11) is 0. The predicted molar refractivity (Wildman–Crippen MR) is 70.4 cm³/mol. The number of para-hydroxylation sites is 1. The molecule has 4 nitrogen and oxygen atoms in total.